The molecule has 0 fully saturated rings. The van der Waals surface area contributed by atoms with Crippen LogP contribution in [-0.4, -0.2) is 5.88 Å². The van der Waals surface area contributed by atoms with Gasteiger partial charge >= 0.3 is 0 Å². The first-order valence-electron chi connectivity index (χ1n) is 5.28. The zero-order valence-electron chi connectivity index (χ0n) is 9.26. The Morgan fingerprint density at radius 1 is 1.07 bits per heavy atom. The van der Waals surface area contributed by atoms with E-state index in [-0.39, 0.29) is 0 Å². The van der Waals surface area contributed by atoms with Gasteiger partial charge in [0, 0.05) is 5.88 Å². The molecule has 0 spiro atoms. The topological polar surface area (TPSA) is 0 Å². The molecule has 78 valence electrons. The molecule has 0 aliphatic heterocycles. The molecule has 0 amide bonds. The number of hydrogen-bond acceptors (Lipinski definition) is 0. The summed E-state index contributed by atoms with van der Waals surface area (Å²) in [5.74, 6) is 1.89. The van der Waals surface area contributed by atoms with Crippen molar-refractivity contribution in [3.63, 3.8) is 0 Å². The van der Waals surface area contributed by atoms with Crippen molar-refractivity contribution in [3.05, 3.63) is 35.4 Å². The quantitative estimate of drug-likeness (QED) is 0.653. The Balaban J connectivity index is 2.68. The van der Waals surface area contributed by atoms with Gasteiger partial charge in [-0.1, -0.05) is 45.0 Å². The summed E-state index contributed by atoms with van der Waals surface area (Å²) in [5.41, 5.74) is 2.76. The number of alkyl halides is 1. The molecule has 0 nitrogen and oxygen atoms in total. The van der Waals surface area contributed by atoms with Gasteiger partial charge in [-0.25, -0.2) is 0 Å². The summed E-state index contributed by atoms with van der Waals surface area (Å²) >= 11 is 5.81. The lowest BCUT2D eigenvalue weighted by molar-refractivity contribution is 0.647. The zero-order valence-corrected chi connectivity index (χ0v) is 10.0. The van der Waals surface area contributed by atoms with Gasteiger partial charge in [-0.05, 0) is 29.4 Å². The van der Waals surface area contributed by atoms with E-state index < -0.39 is 0 Å². The third kappa shape index (κ3) is 3.34. The van der Waals surface area contributed by atoms with E-state index in [2.05, 4.69) is 45.0 Å². The largest absolute Gasteiger partial charge is 0.126 e. The molecule has 14 heavy (non-hydrogen) atoms. The maximum atomic E-state index is 5.81. The van der Waals surface area contributed by atoms with Crippen LogP contribution in [0.2, 0.25) is 0 Å². The molecule has 0 saturated carbocycles. The molecule has 0 saturated heterocycles. The van der Waals surface area contributed by atoms with Gasteiger partial charge in [-0.3, -0.25) is 0 Å². The maximum absolute atomic E-state index is 5.81. The number of benzene rings is 1. The molecule has 0 aliphatic carbocycles. The summed E-state index contributed by atoms with van der Waals surface area (Å²) in [5, 5.41) is 0. The predicted molar refractivity (Wildman–Crippen MR) is 64.1 cm³/mol. The van der Waals surface area contributed by atoms with Crippen LogP contribution in [-0.2, 0) is 6.42 Å². The summed E-state index contributed by atoms with van der Waals surface area (Å²) in [6.07, 6.45) is 1.16. The lowest BCUT2D eigenvalue weighted by atomic mass is 9.98. The highest BCUT2D eigenvalue weighted by molar-refractivity contribution is 6.18. The van der Waals surface area contributed by atoms with Crippen molar-refractivity contribution in [1.82, 2.24) is 0 Å². The van der Waals surface area contributed by atoms with Crippen LogP contribution >= 0.6 is 11.6 Å². The van der Waals surface area contributed by atoms with Crippen molar-refractivity contribution < 1.29 is 0 Å². The van der Waals surface area contributed by atoms with Crippen molar-refractivity contribution in [2.75, 3.05) is 5.88 Å². The monoisotopic (exact) mass is 210 g/mol. The number of hydrogen-bond donors (Lipinski definition) is 0. The Kier molecular flexibility index (Phi) is 4.47. The van der Waals surface area contributed by atoms with E-state index in [1.54, 1.807) is 0 Å². The Labute approximate surface area is 92.3 Å². The number of rotatable bonds is 4. The minimum Gasteiger partial charge on any atom is -0.126 e. The molecular formula is C13H19Cl. The van der Waals surface area contributed by atoms with Gasteiger partial charge in [0.25, 0.3) is 0 Å². The highest BCUT2D eigenvalue weighted by atomic mass is 35.5. The average molecular weight is 211 g/mol. The van der Waals surface area contributed by atoms with E-state index in [1.807, 2.05) is 0 Å². The fourth-order valence-corrected chi connectivity index (χ4v) is 1.72. The number of halogens is 1. The van der Waals surface area contributed by atoms with Crippen molar-refractivity contribution in [3.8, 4) is 0 Å². The van der Waals surface area contributed by atoms with Gasteiger partial charge in [-0.15, -0.1) is 11.6 Å². The van der Waals surface area contributed by atoms with Crippen molar-refractivity contribution in [2.24, 2.45) is 5.92 Å². The molecule has 0 radical (unpaired) electrons. The van der Waals surface area contributed by atoms with E-state index in [9.17, 15) is 0 Å². The van der Waals surface area contributed by atoms with Gasteiger partial charge in [0.1, 0.15) is 0 Å². The fourth-order valence-electron chi connectivity index (χ4n) is 1.54. The molecule has 0 bridgehead atoms. The maximum Gasteiger partial charge on any atom is 0.0289 e. The molecule has 1 rings (SSSR count). The van der Waals surface area contributed by atoms with Gasteiger partial charge in [0.15, 0.2) is 0 Å². The van der Waals surface area contributed by atoms with E-state index >= 15 is 0 Å². The van der Waals surface area contributed by atoms with Gasteiger partial charge in [0.05, 0.1) is 0 Å². The minimum atomic E-state index is 0.463. The molecule has 1 aromatic carbocycles. The standard InChI is InChI=1S/C13H19Cl/c1-10(2)8-12-4-6-13(7-5-12)11(3)9-14/h4-7,10-11H,8-9H2,1-3H3. The van der Waals surface area contributed by atoms with Crippen LogP contribution in [0.15, 0.2) is 24.3 Å². The smallest absolute Gasteiger partial charge is 0.0289 e. The summed E-state index contributed by atoms with van der Waals surface area (Å²) in [6, 6.07) is 8.84. The minimum absolute atomic E-state index is 0.463. The van der Waals surface area contributed by atoms with Gasteiger partial charge < -0.3 is 0 Å². The second-order valence-electron chi connectivity index (χ2n) is 4.39. The molecule has 1 atom stereocenters. The first-order valence-corrected chi connectivity index (χ1v) is 5.81. The molecular weight excluding hydrogens is 192 g/mol. The summed E-state index contributed by atoms with van der Waals surface area (Å²) in [6.45, 7) is 6.65. The van der Waals surface area contributed by atoms with Crippen molar-refractivity contribution in [1.29, 1.82) is 0 Å². The highest BCUT2D eigenvalue weighted by Crippen LogP contribution is 2.18. The van der Waals surface area contributed by atoms with Crippen LogP contribution in [0, 0.1) is 5.92 Å². The first-order chi connectivity index (χ1) is 6.63. The highest BCUT2D eigenvalue weighted by Gasteiger charge is 2.03. The molecule has 1 aromatic rings. The normalized spacial score (nSPS) is 13.2. The Bertz CT molecular complexity index is 261. The van der Waals surface area contributed by atoms with E-state index in [0.717, 1.165) is 12.3 Å². The van der Waals surface area contributed by atoms with Crippen LogP contribution in [0.4, 0.5) is 0 Å². The molecule has 1 unspecified atom stereocenters. The van der Waals surface area contributed by atoms with Gasteiger partial charge in [0.2, 0.25) is 0 Å². The lowest BCUT2D eigenvalue weighted by Gasteiger charge is -2.09. The zero-order chi connectivity index (χ0) is 10.6. The van der Waals surface area contributed by atoms with E-state index in [1.165, 1.54) is 11.1 Å². The Hall–Kier alpha value is -0.490. The second kappa shape index (κ2) is 5.41. The average Bonchev–Trinajstić information content (AvgIpc) is 2.17. The van der Waals surface area contributed by atoms with Crippen molar-refractivity contribution in [2.45, 2.75) is 33.1 Å². The van der Waals surface area contributed by atoms with Crippen LogP contribution < -0.4 is 0 Å². The van der Waals surface area contributed by atoms with Gasteiger partial charge in [-0.2, -0.15) is 0 Å². The van der Waals surface area contributed by atoms with E-state index in [4.69, 9.17) is 11.6 Å². The second-order valence-corrected chi connectivity index (χ2v) is 4.70. The Morgan fingerprint density at radius 2 is 1.64 bits per heavy atom. The first kappa shape index (κ1) is 11.6. The lowest BCUT2D eigenvalue weighted by Crippen LogP contribution is -1.97. The van der Waals surface area contributed by atoms with Crippen LogP contribution in [0.1, 0.15) is 37.8 Å². The fraction of sp³-hybridized carbons (Fsp3) is 0.538. The van der Waals surface area contributed by atoms with Crippen LogP contribution in [0.3, 0.4) is 0 Å². The van der Waals surface area contributed by atoms with Crippen LogP contribution in [0.5, 0.6) is 0 Å². The summed E-state index contributed by atoms with van der Waals surface area (Å²) in [4.78, 5) is 0. The molecule has 0 aromatic heterocycles. The third-order valence-electron chi connectivity index (χ3n) is 2.42. The third-order valence-corrected chi connectivity index (χ3v) is 2.89. The van der Waals surface area contributed by atoms with Crippen LogP contribution in [0.25, 0.3) is 0 Å². The Morgan fingerprint density at radius 3 is 2.07 bits per heavy atom. The molecule has 1 heteroatoms. The molecule has 0 heterocycles. The summed E-state index contributed by atoms with van der Waals surface area (Å²) < 4.78 is 0. The van der Waals surface area contributed by atoms with E-state index in [0.29, 0.717) is 11.8 Å². The molecule has 0 aliphatic rings. The SMILES string of the molecule is CC(C)Cc1ccc(C(C)CCl)cc1. The van der Waals surface area contributed by atoms with Crippen molar-refractivity contribution >= 4 is 11.6 Å². The molecule has 0 N–H and O–H groups in total. The predicted octanol–water partition coefficient (Wildman–Crippen LogP) is 4.23. The summed E-state index contributed by atoms with van der Waals surface area (Å²) in [7, 11) is 0.